The summed E-state index contributed by atoms with van der Waals surface area (Å²) < 4.78 is 0. The second kappa shape index (κ2) is 10.3. The predicted octanol–water partition coefficient (Wildman–Crippen LogP) is 4.27. The van der Waals surface area contributed by atoms with E-state index in [0.29, 0.717) is 23.1 Å². The van der Waals surface area contributed by atoms with Crippen LogP contribution >= 0.6 is 11.8 Å². The van der Waals surface area contributed by atoms with Crippen LogP contribution in [-0.4, -0.2) is 51.3 Å². The first-order chi connectivity index (χ1) is 19.4. The van der Waals surface area contributed by atoms with Gasteiger partial charge in [0.1, 0.15) is 12.3 Å². The minimum atomic E-state index is -0.933. The van der Waals surface area contributed by atoms with Crippen LogP contribution in [0, 0.1) is 17.8 Å². The Morgan fingerprint density at radius 2 is 1.57 bits per heavy atom. The Bertz CT molecular complexity index is 1310. The highest BCUT2D eigenvalue weighted by Gasteiger charge is 2.50. The van der Waals surface area contributed by atoms with Crippen molar-refractivity contribution in [3.8, 4) is 0 Å². The third-order valence-electron chi connectivity index (χ3n) is 9.92. The molecule has 40 heavy (non-hydrogen) atoms. The van der Waals surface area contributed by atoms with Crippen LogP contribution in [0.4, 0.5) is 0 Å². The van der Waals surface area contributed by atoms with Crippen molar-refractivity contribution in [3.63, 3.8) is 0 Å². The molecule has 2 atom stereocenters. The molecule has 1 saturated heterocycles. The predicted molar refractivity (Wildman–Crippen MR) is 153 cm³/mol. The van der Waals surface area contributed by atoms with Crippen molar-refractivity contribution in [1.29, 1.82) is 0 Å². The molecule has 5 fully saturated rings. The van der Waals surface area contributed by atoms with Crippen LogP contribution in [0.2, 0.25) is 0 Å². The molecule has 3 N–H and O–H groups in total. The second-order valence-corrected chi connectivity index (χ2v) is 13.9. The summed E-state index contributed by atoms with van der Waals surface area (Å²) in [4.78, 5) is 40.7. The lowest BCUT2D eigenvalue weighted by molar-refractivity contribution is -0.131. The number of hydrogen-bond acceptors (Lipinski definition) is 6. The lowest BCUT2D eigenvalue weighted by Gasteiger charge is -2.57. The minimum Gasteiger partial charge on any atom is -0.374 e. The maximum atomic E-state index is 13.3. The van der Waals surface area contributed by atoms with Gasteiger partial charge in [0.15, 0.2) is 0 Å². The van der Waals surface area contributed by atoms with Crippen LogP contribution in [0.15, 0.2) is 47.4 Å². The third-order valence-corrected chi connectivity index (χ3v) is 11.0. The molecule has 7 nitrogen and oxygen atoms in total. The quantitative estimate of drug-likeness (QED) is 0.330. The van der Waals surface area contributed by atoms with E-state index >= 15 is 0 Å². The van der Waals surface area contributed by atoms with E-state index in [0.717, 1.165) is 46.3 Å². The first-order valence-corrected chi connectivity index (χ1v) is 15.8. The summed E-state index contributed by atoms with van der Waals surface area (Å²) in [6.07, 6.45) is 8.96. The Kier molecular flexibility index (Phi) is 6.76. The molecule has 8 rings (SSSR count). The first-order valence-electron chi connectivity index (χ1n) is 14.8. The van der Waals surface area contributed by atoms with E-state index in [1.807, 2.05) is 6.07 Å². The van der Waals surface area contributed by atoms with Gasteiger partial charge in [0, 0.05) is 22.7 Å². The summed E-state index contributed by atoms with van der Waals surface area (Å²) >= 11 is 1.57. The van der Waals surface area contributed by atoms with Crippen LogP contribution in [-0.2, 0) is 17.8 Å². The highest BCUT2D eigenvalue weighted by atomic mass is 32.2. The second-order valence-electron chi connectivity index (χ2n) is 12.7. The number of nitrogens with one attached hydrogen (secondary N) is 2. The lowest BCUT2D eigenvalue weighted by Crippen LogP contribution is -2.58. The van der Waals surface area contributed by atoms with Gasteiger partial charge in [-0.1, -0.05) is 30.3 Å². The number of piperidine rings is 1. The van der Waals surface area contributed by atoms with Gasteiger partial charge in [-0.15, -0.1) is 11.8 Å². The molecule has 0 spiro atoms. The van der Waals surface area contributed by atoms with Crippen LogP contribution < -0.4 is 10.6 Å². The van der Waals surface area contributed by atoms with Crippen LogP contribution in [0.1, 0.15) is 83.2 Å². The molecule has 2 unspecified atom stereocenters. The van der Waals surface area contributed by atoms with E-state index in [2.05, 4.69) is 34.9 Å². The van der Waals surface area contributed by atoms with Crippen molar-refractivity contribution in [3.05, 3.63) is 64.7 Å². The molecule has 4 saturated carbocycles. The van der Waals surface area contributed by atoms with Gasteiger partial charge in [0.05, 0.1) is 11.1 Å². The molecule has 4 bridgehead atoms. The van der Waals surface area contributed by atoms with Crippen molar-refractivity contribution < 1.29 is 19.5 Å². The van der Waals surface area contributed by atoms with Gasteiger partial charge < -0.3 is 15.7 Å². The number of imide groups is 1. The minimum absolute atomic E-state index is 0.259. The summed E-state index contributed by atoms with van der Waals surface area (Å²) in [5, 5.41) is 16.1. The average Bonchev–Trinajstić information content (AvgIpc) is 3.18. The molecule has 2 aliphatic heterocycles. The van der Waals surface area contributed by atoms with E-state index < -0.39 is 30.0 Å². The number of benzene rings is 2. The van der Waals surface area contributed by atoms with Crippen LogP contribution in [0.25, 0.3) is 0 Å². The number of nitrogens with zero attached hydrogens (tertiary/aromatic N) is 1. The molecule has 3 amide bonds. The normalized spacial score (nSPS) is 32.5. The zero-order valence-electron chi connectivity index (χ0n) is 22.7. The Balaban J connectivity index is 0.953. The zero-order chi connectivity index (χ0) is 27.4. The van der Waals surface area contributed by atoms with E-state index in [4.69, 9.17) is 0 Å². The van der Waals surface area contributed by atoms with E-state index in [1.54, 1.807) is 23.9 Å². The molecular formula is C32H37N3O4S. The van der Waals surface area contributed by atoms with Crippen LogP contribution in [0.5, 0.6) is 0 Å². The molecule has 8 heteroatoms. The van der Waals surface area contributed by atoms with Gasteiger partial charge in [-0.05, 0) is 98.8 Å². The molecule has 2 heterocycles. The number of rotatable bonds is 8. The summed E-state index contributed by atoms with van der Waals surface area (Å²) in [5.41, 5.74) is 3.69. The van der Waals surface area contributed by atoms with Gasteiger partial charge in [-0.3, -0.25) is 19.3 Å². The van der Waals surface area contributed by atoms with Gasteiger partial charge in [0.2, 0.25) is 5.91 Å². The van der Waals surface area contributed by atoms with E-state index in [9.17, 15) is 19.5 Å². The third kappa shape index (κ3) is 4.78. The largest absolute Gasteiger partial charge is 0.374 e. The molecule has 2 aromatic carbocycles. The topological polar surface area (TPSA) is 98.7 Å². The number of thioether (sulfide) groups is 1. The molecule has 6 aliphatic rings. The lowest BCUT2D eigenvalue weighted by atomic mass is 9.53. The molecule has 4 aliphatic carbocycles. The number of carbonyl (C=O) groups is 3. The summed E-state index contributed by atoms with van der Waals surface area (Å²) in [6.45, 7) is 0.933. The SMILES string of the molecule is O=C1NC(O)CCC1N1C(=O)c2cccc(SCCc3ccc(CNC45CC6CC(CC(C6)C4)C5)cc3)c2C1=O. The standard InChI is InChI=1S/C32H37N3O4S/c36-27-9-8-25(29(37)34-27)35-30(38)24-2-1-3-26(28(24)31(35)39)40-11-10-19-4-6-20(7-5-19)18-33-32-15-21-12-22(16-32)14-23(13-21)17-32/h1-7,21-23,25,27,33,36H,8-18H2,(H,34,37). The molecule has 0 radical (unpaired) electrons. The highest BCUT2D eigenvalue weighted by Crippen LogP contribution is 2.55. The van der Waals surface area contributed by atoms with Gasteiger partial charge in [0.25, 0.3) is 11.8 Å². The van der Waals surface area contributed by atoms with Gasteiger partial charge >= 0.3 is 0 Å². The van der Waals surface area contributed by atoms with Crippen molar-refractivity contribution in [1.82, 2.24) is 15.5 Å². The number of aliphatic hydroxyl groups is 1. The van der Waals surface area contributed by atoms with Crippen molar-refractivity contribution >= 4 is 29.5 Å². The van der Waals surface area contributed by atoms with Crippen LogP contribution in [0.3, 0.4) is 0 Å². The maximum absolute atomic E-state index is 13.3. The maximum Gasteiger partial charge on any atom is 0.263 e. The number of aliphatic hydroxyl groups excluding tert-OH is 1. The molecule has 210 valence electrons. The highest BCUT2D eigenvalue weighted by molar-refractivity contribution is 7.99. The fourth-order valence-corrected chi connectivity index (χ4v) is 9.49. The fraction of sp³-hybridized carbons (Fsp3) is 0.531. The summed E-state index contributed by atoms with van der Waals surface area (Å²) in [5.74, 6) is 2.27. The number of amides is 3. The number of carbonyl (C=O) groups excluding carboxylic acids is 3. The first kappa shape index (κ1) is 26.2. The number of hydrogen-bond donors (Lipinski definition) is 3. The van der Waals surface area contributed by atoms with E-state index in [1.165, 1.54) is 49.7 Å². The van der Waals surface area contributed by atoms with Crippen molar-refractivity contribution in [2.45, 2.75) is 87.0 Å². The summed E-state index contributed by atoms with van der Waals surface area (Å²) in [6, 6.07) is 13.3. The monoisotopic (exact) mass is 559 g/mol. The molecule has 2 aromatic rings. The zero-order valence-corrected chi connectivity index (χ0v) is 23.6. The smallest absolute Gasteiger partial charge is 0.263 e. The van der Waals surface area contributed by atoms with Gasteiger partial charge in [-0.2, -0.15) is 0 Å². The Morgan fingerprint density at radius 3 is 2.25 bits per heavy atom. The Hall–Kier alpha value is -2.68. The Morgan fingerprint density at radius 1 is 0.900 bits per heavy atom. The van der Waals surface area contributed by atoms with Crippen molar-refractivity contribution in [2.24, 2.45) is 17.8 Å². The molecular weight excluding hydrogens is 522 g/mol. The number of aryl methyl sites for hydroxylation is 1. The van der Waals surface area contributed by atoms with Crippen molar-refractivity contribution in [2.75, 3.05) is 5.75 Å². The fourth-order valence-electron chi connectivity index (χ4n) is 8.42. The van der Waals surface area contributed by atoms with E-state index in [-0.39, 0.29) is 6.42 Å². The average molecular weight is 560 g/mol. The molecule has 0 aromatic heterocycles. The Labute approximate surface area is 239 Å². The number of fused-ring (bicyclic) bond motifs is 1. The summed E-state index contributed by atoms with van der Waals surface area (Å²) in [7, 11) is 0. The van der Waals surface area contributed by atoms with Gasteiger partial charge in [-0.25, -0.2) is 0 Å².